The first-order chi connectivity index (χ1) is 18.0. The van der Waals surface area contributed by atoms with Crippen molar-refractivity contribution in [1.82, 2.24) is 0 Å². The number of aliphatic hydroxyl groups is 1. The molecule has 0 bridgehead atoms. The average Bonchev–Trinajstić information content (AvgIpc) is 3.36. The van der Waals surface area contributed by atoms with Gasteiger partial charge in [-0.05, 0) is 36.4 Å². The van der Waals surface area contributed by atoms with E-state index < -0.39 is 12.2 Å². The van der Waals surface area contributed by atoms with E-state index in [1.807, 2.05) is 0 Å². The number of nitrogens with one attached hydrogen (secondary N) is 2. The van der Waals surface area contributed by atoms with Crippen molar-refractivity contribution in [2.75, 3.05) is 36.4 Å². The van der Waals surface area contributed by atoms with Crippen LogP contribution in [-0.2, 0) is 9.53 Å². The second-order valence-electron chi connectivity index (χ2n) is 7.91. The average molecular weight is 506 g/mol. The first kappa shape index (κ1) is 25.4. The SMILES string of the molecule is Nc1ccccc1NC(=O)/C=C/C[C@H](OC(=O)Nc1ccc2c(c1)OCO2)c1ccccc1OCCO. The lowest BCUT2D eigenvalue weighted by Gasteiger charge is -2.20. The lowest BCUT2D eigenvalue weighted by Crippen LogP contribution is -2.18. The minimum Gasteiger partial charge on any atom is -0.491 e. The first-order valence-electron chi connectivity index (χ1n) is 11.6. The highest BCUT2D eigenvalue weighted by molar-refractivity contribution is 6.01. The number of nitrogens with two attached hydrogens (primary N) is 1. The Morgan fingerprint density at radius 3 is 2.65 bits per heavy atom. The molecule has 2 amide bonds. The zero-order chi connectivity index (χ0) is 26.0. The summed E-state index contributed by atoms with van der Waals surface area (Å²) in [6, 6.07) is 18.9. The van der Waals surface area contributed by atoms with Gasteiger partial charge in [0.2, 0.25) is 12.7 Å². The van der Waals surface area contributed by atoms with E-state index in [9.17, 15) is 14.7 Å². The number of nitrogen functional groups attached to an aromatic ring is 1. The molecule has 1 aliphatic heterocycles. The molecule has 0 unspecified atom stereocenters. The van der Waals surface area contributed by atoms with Crippen LogP contribution in [0.2, 0.25) is 0 Å². The van der Waals surface area contributed by atoms with Crippen LogP contribution in [0.1, 0.15) is 18.1 Å². The fourth-order valence-corrected chi connectivity index (χ4v) is 3.61. The van der Waals surface area contributed by atoms with Gasteiger partial charge >= 0.3 is 6.09 Å². The summed E-state index contributed by atoms with van der Waals surface area (Å²) in [6.07, 6.45) is 1.60. The molecule has 0 saturated carbocycles. The Bertz CT molecular complexity index is 1280. The molecule has 10 nitrogen and oxygen atoms in total. The van der Waals surface area contributed by atoms with Crippen molar-refractivity contribution < 1.29 is 33.6 Å². The number of hydrogen-bond acceptors (Lipinski definition) is 8. The van der Waals surface area contributed by atoms with Gasteiger partial charge < -0.3 is 35.1 Å². The lowest BCUT2D eigenvalue weighted by molar-refractivity contribution is -0.111. The molecule has 37 heavy (non-hydrogen) atoms. The number of benzene rings is 3. The highest BCUT2D eigenvalue weighted by Crippen LogP contribution is 2.35. The molecule has 0 spiro atoms. The predicted octanol–water partition coefficient (Wildman–Crippen LogP) is 4.24. The number of fused-ring (bicyclic) bond motifs is 1. The maximum atomic E-state index is 12.8. The molecule has 0 fully saturated rings. The highest BCUT2D eigenvalue weighted by Gasteiger charge is 2.21. The van der Waals surface area contributed by atoms with Crippen LogP contribution < -0.4 is 30.6 Å². The molecule has 3 aromatic carbocycles. The van der Waals surface area contributed by atoms with Crippen molar-refractivity contribution >= 4 is 29.1 Å². The summed E-state index contributed by atoms with van der Waals surface area (Å²) in [6.45, 7) is 0.0176. The van der Waals surface area contributed by atoms with Gasteiger partial charge in [0.15, 0.2) is 11.5 Å². The van der Waals surface area contributed by atoms with E-state index in [0.29, 0.717) is 39.9 Å². The number of aliphatic hydroxyl groups excluding tert-OH is 1. The number of amides is 2. The van der Waals surface area contributed by atoms with Crippen molar-refractivity contribution in [3.63, 3.8) is 0 Å². The predicted molar refractivity (Wildman–Crippen MR) is 138 cm³/mol. The number of carbonyl (C=O) groups is 2. The van der Waals surface area contributed by atoms with Crippen LogP contribution in [0, 0.1) is 0 Å². The third kappa shape index (κ3) is 6.92. The largest absolute Gasteiger partial charge is 0.491 e. The summed E-state index contributed by atoms with van der Waals surface area (Å²) in [5.74, 6) is 1.18. The third-order valence-electron chi connectivity index (χ3n) is 5.32. The summed E-state index contributed by atoms with van der Waals surface area (Å²) >= 11 is 0. The van der Waals surface area contributed by atoms with Crippen LogP contribution in [0.3, 0.4) is 0 Å². The summed E-state index contributed by atoms with van der Waals surface area (Å²) in [7, 11) is 0. The molecule has 0 radical (unpaired) electrons. The van der Waals surface area contributed by atoms with E-state index in [4.69, 9.17) is 24.7 Å². The highest BCUT2D eigenvalue weighted by atomic mass is 16.7. The monoisotopic (exact) mass is 505 g/mol. The molecule has 5 N–H and O–H groups in total. The minimum atomic E-state index is -0.797. The van der Waals surface area contributed by atoms with E-state index >= 15 is 0 Å². The van der Waals surface area contributed by atoms with Gasteiger partial charge in [-0.15, -0.1) is 0 Å². The van der Waals surface area contributed by atoms with Gasteiger partial charge in [0.1, 0.15) is 18.5 Å². The standard InChI is InChI=1S/C27H27N3O7/c28-20-7-2-3-8-21(20)30-26(32)11-5-10-23(19-6-1-4-9-22(19)34-15-14-31)37-27(33)29-18-12-13-24-25(16-18)36-17-35-24/h1-9,11-13,16,23,31H,10,14-15,17,28H2,(H,29,33)(H,30,32)/b11-5+/t23-/m0/s1. The summed E-state index contributed by atoms with van der Waals surface area (Å²) in [5, 5.41) is 14.6. The maximum Gasteiger partial charge on any atom is 0.412 e. The Hall–Kier alpha value is -4.70. The molecule has 192 valence electrons. The Morgan fingerprint density at radius 1 is 1.03 bits per heavy atom. The Labute approximate surface area is 213 Å². The normalized spacial score (nSPS) is 12.7. The van der Waals surface area contributed by atoms with Crippen molar-refractivity contribution in [3.8, 4) is 17.2 Å². The van der Waals surface area contributed by atoms with Gasteiger partial charge in [-0.3, -0.25) is 10.1 Å². The first-order valence-corrected chi connectivity index (χ1v) is 11.6. The van der Waals surface area contributed by atoms with Crippen LogP contribution in [0.25, 0.3) is 0 Å². The Morgan fingerprint density at radius 2 is 1.81 bits per heavy atom. The van der Waals surface area contributed by atoms with Crippen molar-refractivity contribution in [3.05, 3.63) is 84.4 Å². The van der Waals surface area contributed by atoms with E-state index in [2.05, 4.69) is 10.6 Å². The fourth-order valence-electron chi connectivity index (χ4n) is 3.61. The van der Waals surface area contributed by atoms with Crippen LogP contribution >= 0.6 is 0 Å². The fraction of sp³-hybridized carbons (Fsp3) is 0.185. The quantitative estimate of drug-likeness (QED) is 0.237. The molecule has 1 heterocycles. The van der Waals surface area contributed by atoms with Crippen LogP contribution in [0.4, 0.5) is 21.9 Å². The number of carbonyl (C=O) groups excluding carboxylic acids is 2. The van der Waals surface area contributed by atoms with E-state index in [1.165, 1.54) is 6.08 Å². The molecule has 0 aromatic heterocycles. The van der Waals surface area contributed by atoms with Gasteiger partial charge in [0.05, 0.1) is 18.0 Å². The number of rotatable bonds is 10. The maximum absolute atomic E-state index is 12.8. The Balaban J connectivity index is 1.47. The molecular formula is C27H27N3O7. The van der Waals surface area contributed by atoms with Crippen molar-refractivity contribution in [2.24, 2.45) is 0 Å². The van der Waals surface area contributed by atoms with E-state index in [-0.39, 0.29) is 32.3 Å². The summed E-state index contributed by atoms with van der Waals surface area (Å²) in [4.78, 5) is 25.2. The molecule has 3 aromatic rings. The molecule has 1 atom stereocenters. The minimum absolute atomic E-state index is 0.0733. The number of para-hydroxylation sites is 3. The topological polar surface area (TPSA) is 141 Å². The van der Waals surface area contributed by atoms with Gasteiger partial charge in [-0.25, -0.2) is 4.79 Å². The number of hydrogen-bond donors (Lipinski definition) is 4. The molecular weight excluding hydrogens is 478 g/mol. The molecule has 4 rings (SSSR count). The van der Waals surface area contributed by atoms with Crippen molar-refractivity contribution in [1.29, 1.82) is 0 Å². The molecule has 1 aliphatic rings. The van der Waals surface area contributed by atoms with Crippen LogP contribution in [-0.4, -0.2) is 37.1 Å². The van der Waals surface area contributed by atoms with Gasteiger partial charge in [0.25, 0.3) is 0 Å². The van der Waals surface area contributed by atoms with Gasteiger partial charge in [0, 0.05) is 23.7 Å². The Kier molecular flexibility index (Phi) is 8.45. The molecule has 0 saturated heterocycles. The zero-order valence-corrected chi connectivity index (χ0v) is 19.9. The van der Waals surface area contributed by atoms with Gasteiger partial charge in [-0.1, -0.05) is 36.4 Å². The van der Waals surface area contributed by atoms with E-state index in [0.717, 1.165) is 0 Å². The second kappa shape index (κ2) is 12.3. The van der Waals surface area contributed by atoms with E-state index in [1.54, 1.807) is 72.8 Å². The lowest BCUT2D eigenvalue weighted by atomic mass is 10.0. The van der Waals surface area contributed by atoms with Crippen LogP contribution in [0.5, 0.6) is 17.2 Å². The molecule has 0 aliphatic carbocycles. The zero-order valence-electron chi connectivity index (χ0n) is 19.9. The smallest absolute Gasteiger partial charge is 0.412 e. The van der Waals surface area contributed by atoms with Crippen molar-refractivity contribution in [2.45, 2.75) is 12.5 Å². The summed E-state index contributed by atoms with van der Waals surface area (Å²) < 4.78 is 22.0. The number of anilines is 3. The number of ether oxygens (including phenoxy) is 4. The molecule has 10 heteroatoms. The summed E-state index contributed by atoms with van der Waals surface area (Å²) in [5.41, 5.74) is 7.86. The van der Waals surface area contributed by atoms with Crippen LogP contribution in [0.15, 0.2) is 78.9 Å². The third-order valence-corrected chi connectivity index (χ3v) is 5.32. The van der Waals surface area contributed by atoms with Gasteiger partial charge in [-0.2, -0.15) is 0 Å². The second-order valence-corrected chi connectivity index (χ2v) is 7.91.